The van der Waals surface area contributed by atoms with Crippen molar-refractivity contribution in [3.63, 3.8) is 0 Å². The van der Waals surface area contributed by atoms with Crippen LogP contribution in [0.1, 0.15) is 199 Å². The van der Waals surface area contributed by atoms with E-state index in [9.17, 15) is 40.2 Å². The molecule has 4 aromatic heterocycles. The molecule has 4 aliphatic rings. The zero-order valence-electron chi connectivity index (χ0n) is 72.0. The number of hydrogen-bond donors (Lipinski definition) is 4. The van der Waals surface area contributed by atoms with E-state index in [1.807, 2.05) is 154 Å². The van der Waals surface area contributed by atoms with Gasteiger partial charge in [-0.2, -0.15) is 21.0 Å². The van der Waals surface area contributed by atoms with Crippen LogP contribution in [0.15, 0.2) is 146 Å². The van der Waals surface area contributed by atoms with Crippen molar-refractivity contribution in [1.82, 2.24) is 62.1 Å². The number of rotatable bonds is 26. The van der Waals surface area contributed by atoms with Crippen LogP contribution in [-0.4, -0.2) is 116 Å². The van der Waals surface area contributed by atoms with Crippen LogP contribution >= 0.6 is 45.3 Å². The highest BCUT2D eigenvalue weighted by molar-refractivity contribution is 7.19. The average Bonchev–Trinajstić information content (AvgIpc) is 1.65. The van der Waals surface area contributed by atoms with Crippen molar-refractivity contribution in [3.8, 4) is 132 Å². The molecule has 126 heavy (non-hydrogen) atoms. The number of nitrogens with zero attached hydrogens (tertiary/aromatic N) is 12. The van der Waals surface area contributed by atoms with Gasteiger partial charge in [0.1, 0.15) is 101 Å². The highest BCUT2D eigenvalue weighted by Crippen LogP contribution is 2.46. The Labute approximate surface area is 748 Å². The molecule has 0 saturated carbocycles. The van der Waals surface area contributed by atoms with Crippen LogP contribution in [0.4, 0.5) is 0 Å². The van der Waals surface area contributed by atoms with Gasteiger partial charge < -0.3 is 49.7 Å². The summed E-state index contributed by atoms with van der Waals surface area (Å²) in [6.07, 6.45) is 7.93. The fraction of sp³-hybridized carbons (Fsp3) is 0.333. The molecule has 30 heteroatoms. The lowest BCUT2D eigenvalue weighted by molar-refractivity contribution is -0.126. The second kappa shape index (κ2) is 42.1. The second-order valence-electron chi connectivity index (χ2n) is 31.3. The Morgan fingerprint density at radius 1 is 0.341 bits per heavy atom. The molecule has 0 aliphatic heterocycles. The fourth-order valence-electron chi connectivity index (χ4n) is 15.6. The normalized spacial score (nSPS) is 14.8. The third kappa shape index (κ3) is 21.6. The molecule has 4 amide bonds. The molecule has 16 rings (SSSR count). The summed E-state index contributed by atoms with van der Waals surface area (Å²) >= 11 is 5.98. The number of nitrogens with one attached hydrogen (secondary N) is 4. The summed E-state index contributed by atoms with van der Waals surface area (Å²) in [5.41, 5.74) is 18.9. The van der Waals surface area contributed by atoms with Crippen LogP contribution in [-0.2, 0) is 54.3 Å². The molecular weight excluding hydrogens is 1670 g/mol. The predicted octanol–water partition coefficient (Wildman–Crippen LogP) is 18.7. The van der Waals surface area contributed by atoms with Gasteiger partial charge in [-0.05, 0) is 224 Å². The number of methoxy groups -OCH3 is 2. The maximum atomic E-state index is 12.0. The molecule has 0 spiro atoms. The Kier molecular flexibility index (Phi) is 30.3. The number of fused-ring (bicyclic) bond motifs is 4. The highest BCUT2D eigenvalue weighted by atomic mass is 32.1. The molecule has 26 nitrogen and oxygen atoms in total. The maximum Gasteiger partial charge on any atom is 0.246 e. The highest BCUT2D eigenvalue weighted by Gasteiger charge is 2.33. The molecule has 4 heterocycles. The number of carbonyl (C=O) groups excluding carboxylic acids is 4. The fourth-order valence-corrected chi connectivity index (χ4v) is 19.1. The van der Waals surface area contributed by atoms with E-state index < -0.39 is 0 Å². The number of hydrogen-bond acceptors (Lipinski definition) is 26. The van der Waals surface area contributed by atoms with Gasteiger partial charge in [-0.25, -0.2) is 0 Å². The van der Waals surface area contributed by atoms with Crippen molar-refractivity contribution >= 4 is 69.0 Å². The smallest absolute Gasteiger partial charge is 0.246 e. The van der Waals surface area contributed by atoms with Gasteiger partial charge in [0.05, 0.1) is 70.8 Å². The minimum atomic E-state index is -0.118. The van der Waals surface area contributed by atoms with E-state index in [-0.39, 0.29) is 85.4 Å². The van der Waals surface area contributed by atoms with Crippen molar-refractivity contribution in [2.75, 3.05) is 27.4 Å². The number of benzene rings is 8. The molecule has 0 radical (unpaired) electrons. The summed E-state index contributed by atoms with van der Waals surface area (Å²) in [5, 5.41) is 91.9. The summed E-state index contributed by atoms with van der Waals surface area (Å²) in [5.74, 6) is 2.19. The van der Waals surface area contributed by atoms with Crippen molar-refractivity contribution in [3.05, 3.63) is 212 Å². The van der Waals surface area contributed by atoms with Gasteiger partial charge >= 0.3 is 0 Å². The van der Waals surface area contributed by atoms with Gasteiger partial charge in [0.25, 0.3) is 0 Å². The minimum absolute atomic E-state index is 0.00260. The number of nitriles is 4. The molecule has 12 aromatic rings. The molecule has 0 bridgehead atoms. The van der Waals surface area contributed by atoms with Crippen LogP contribution < -0.4 is 40.2 Å². The minimum Gasteiger partial charge on any atom is -0.490 e. The van der Waals surface area contributed by atoms with Crippen molar-refractivity contribution in [1.29, 1.82) is 21.0 Å². The van der Waals surface area contributed by atoms with Crippen molar-refractivity contribution in [2.24, 2.45) is 0 Å². The maximum absolute atomic E-state index is 12.0. The van der Waals surface area contributed by atoms with Crippen LogP contribution in [0.3, 0.4) is 0 Å². The monoisotopic (exact) mass is 1760 g/mol. The first-order chi connectivity index (χ1) is 61.0. The summed E-state index contributed by atoms with van der Waals surface area (Å²) < 4.78 is 32.7. The van der Waals surface area contributed by atoms with Gasteiger partial charge in [-0.1, -0.05) is 132 Å². The first kappa shape index (κ1) is 90.7. The zero-order chi connectivity index (χ0) is 89.2. The first-order valence-corrected chi connectivity index (χ1v) is 45.1. The Hall–Kier alpha value is -13.0. The molecular formula is C96H96N16O10S4. The standard InChI is InChI=1S/2C24H24N4O3S.2C24H24N4O2S/c2*1-14(2)31-21-10-7-15(11-16(21)12-25)23-27-28-24(32-23)19-6-4-5-18-17(19)8-9-20(18)26-22(29)13-30-3;2*1-4-22(29)26-20-10-9-17-18(20)6-5-7-19(17)24-28-27-23(31-24)15-8-11-21(30-14(2)3)16(12-15)13-25/h2*4-7,10-11,14,20H,8-9,13H2,1-3H3,(H,26,29);2*5-8,11-12,14,20H,4,9-10H2,1-3H3,(H,26,29)/t4*20-/m1010/s1. The average molecular weight is 1760 g/mol. The van der Waals surface area contributed by atoms with Gasteiger partial charge in [0, 0.05) is 71.6 Å². The number of carbonyl (C=O) groups is 4. The van der Waals surface area contributed by atoms with E-state index in [1.54, 1.807) is 24.3 Å². The first-order valence-electron chi connectivity index (χ1n) is 41.8. The summed E-state index contributed by atoms with van der Waals surface area (Å²) in [6, 6.07) is 55.4. The number of amides is 4. The quantitative estimate of drug-likeness (QED) is 0.0391. The molecule has 4 aliphatic carbocycles. The van der Waals surface area contributed by atoms with Gasteiger partial charge in [0.2, 0.25) is 23.6 Å². The van der Waals surface area contributed by atoms with E-state index in [0.29, 0.717) is 58.1 Å². The third-order valence-corrected chi connectivity index (χ3v) is 25.1. The predicted molar refractivity (Wildman–Crippen MR) is 486 cm³/mol. The topological polar surface area (TPSA) is 370 Å². The van der Waals surface area contributed by atoms with Gasteiger partial charge in [-0.15, -0.1) is 40.8 Å². The van der Waals surface area contributed by atoms with E-state index in [4.69, 9.17) is 28.4 Å². The lowest BCUT2D eigenvalue weighted by Gasteiger charge is -2.14. The molecule has 8 aromatic carbocycles. The Bertz CT molecular complexity index is 5800. The van der Waals surface area contributed by atoms with Crippen molar-refractivity contribution in [2.45, 2.75) is 182 Å². The molecule has 0 saturated heterocycles. The number of aromatic nitrogens is 8. The van der Waals surface area contributed by atoms with E-state index in [0.717, 1.165) is 158 Å². The van der Waals surface area contributed by atoms with E-state index in [1.165, 1.54) is 81.8 Å². The summed E-state index contributed by atoms with van der Waals surface area (Å²) in [4.78, 5) is 47.7. The van der Waals surface area contributed by atoms with E-state index in [2.05, 4.69) is 123 Å². The Balaban J connectivity index is 0.000000144. The van der Waals surface area contributed by atoms with Crippen LogP contribution in [0.2, 0.25) is 0 Å². The molecule has 4 N–H and O–H groups in total. The van der Waals surface area contributed by atoms with Crippen LogP contribution in [0.25, 0.3) is 84.6 Å². The summed E-state index contributed by atoms with van der Waals surface area (Å²) in [7, 11) is 3.02. The van der Waals surface area contributed by atoms with E-state index >= 15 is 0 Å². The lowest BCUT2D eigenvalue weighted by Crippen LogP contribution is -2.30. The second-order valence-corrected chi connectivity index (χ2v) is 35.2. The molecule has 4 atom stereocenters. The SMILES string of the molecule is CCC(=O)N[C@@H]1CCc2c(-c3nnc(-c4ccc(OC(C)C)c(C#N)c4)s3)cccc21.CCC(=O)N[C@H]1CCc2c(-c3nnc(-c4ccc(OC(C)C)c(C#N)c4)s3)cccc21.COCC(=O)N[C@@H]1CCc2c(-c3nnc(-c4ccc(OC(C)C)c(C#N)c4)s3)cccc21.COCC(=O)N[C@H]1CCc2c(-c3nnc(-c4ccc(OC(C)C)c(C#N)c4)s3)cccc21. The van der Waals surface area contributed by atoms with Gasteiger partial charge in [0.15, 0.2) is 0 Å². The zero-order valence-corrected chi connectivity index (χ0v) is 75.3. The molecule has 644 valence electrons. The Morgan fingerprint density at radius 3 is 0.770 bits per heavy atom. The van der Waals surface area contributed by atoms with Gasteiger partial charge in [-0.3, -0.25) is 19.2 Å². The third-order valence-electron chi connectivity index (χ3n) is 21.1. The molecule has 0 fully saturated rings. The van der Waals surface area contributed by atoms with Crippen LogP contribution in [0, 0.1) is 45.3 Å². The van der Waals surface area contributed by atoms with Crippen LogP contribution in [0.5, 0.6) is 23.0 Å². The lowest BCUT2D eigenvalue weighted by atomic mass is 10.0. The largest absolute Gasteiger partial charge is 0.490 e. The summed E-state index contributed by atoms with van der Waals surface area (Å²) in [6.45, 7) is 19.3. The Morgan fingerprint density at radius 2 is 0.563 bits per heavy atom. The van der Waals surface area contributed by atoms with Crippen molar-refractivity contribution < 1.29 is 47.6 Å². The molecule has 0 unspecified atom stereocenters. The number of ether oxygens (including phenoxy) is 6.